The van der Waals surface area contributed by atoms with Gasteiger partial charge in [-0.3, -0.25) is 9.59 Å². The van der Waals surface area contributed by atoms with Crippen LogP contribution < -0.4 is 4.90 Å². The lowest BCUT2D eigenvalue weighted by Crippen LogP contribution is -2.50. The van der Waals surface area contributed by atoms with Gasteiger partial charge in [0, 0.05) is 29.5 Å². The van der Waals surface area contributed by atoms with Gasteiger partial charge in [-0.15, -0.1) is 11.8 Å². The summed E-state index contributed by atoms with van der Waals surface area (Å²) in [6, 6.07) is 13.7. The number of thioether (sulfide) groups is 1. The molecule has 1 aromatic heterocycles. The number of para-hydroxylation sites is 1. The average molecular weight is 426 g/mol. The highest BCUT2D eigenvalue weighted by Crippen LogP contribution is 2.54. The molecule has 3 aromatic rings. The summed E-state index contributed by atoms with van der Waals surface area (Å²) in [5, 5.41) is 0. The van der Waals surface area contributed by atoms with Crippen molar-refractivity contribution in [1.82, 2.24) is 4.90 Å². The van der Waals surface area contributed by atoms with Gasteiger partial charge in [-0.2, -0.15) is 0 Å². The van der Waals surface area contributed by atoms with Crippen molar-refractivity contribution in [1.29, 1.82) is 0 Å². The fourth-order valence-electron chi connectivity index (χ4n) is 4.08. The lowest BCUT2D eigenvalue weighted by Gasteiger charge is -2.32. The number of anilines is 1. The number of amides is 2. The number of carbonyl (C=O) groups is 2. The molecule has 0 N–H and O–H groups in total. The number of halogens is 2. The minimum absolute atomic E-state index is 0.0624. The number of furan rings is 1. The van der Waals surface area contributed by atoms with E-state index < -0.39 is 16.5 Å². The molecule has 0 aliphatic carbocycles. The van der Waals surface area contributed by atoms with Gasteiger partial charge in [0.25, 0.3) is 11.8 Å². The Hall–Kier alpha value is -3.13. The number of carbonyl (C=O) groups excluding carboxylic acids is 2. The van der Waals surface area contributed by atoms with E-state index in [1.807, 2.05) is 12.1 Å². The van der Waals surface area contributed by atoms with Crippen molar-refractivity contribution >= 4 is 29.3 Å². The Bertz CT molecular complexity index is 1150. The fourth-order valence-corrected chi connectivity index (χ4v) is 5.54. The molecule has 0 bridgehead atoms. The van der Waals surface area contributed by atoms with E-state index in [1.54, 1.807) is 24.3 Å². The van der Waals surface area contributed by atoms with E-state index in [4.69, 9.17) is 4.42 Å². The molecule has 0 unspecified atom stereocenters. The van der Waals surface area contributed by atoms with Crippen LogP contribution in [0.4, 0.5) is 14.5 Å². The van der Waals surface area contributed by atoms with Gasteiger partial charge in [0.1, 0.15) is 11.6 Å². The summed E-state index contributed by atoms with van der Waals surface area (Å²) < 4.78 is 32.9. The zero-order chi connectivity index (χ0) is 20.9. The predicted octanol–water partition coefficient (Wildman–Crippen LogP) is 4.15. The van der Waals surface area contributed by atoms with Crippen molar-refractivity contribution in [2.24, 2.45) is 0 Å². The van der Waals surface area contributed by atoms with Crippen LogP contribution in [0.15, 0.2) is 65.3 Å². The second-order valence-corrected chi connectivity index (χ2v) is 8.36. The second kappa shape index (κ2) is 6.98. The van der Waals surface area contributed by atoms with Gasteiger partial charge in [0.05, 0.1) is 18.5 Å². The van der Waals surface area contributed by atoms with Gasteiger partial charge >= 0.3 is 0 Å². The first kappa shape index (κ1) is 18.9. The predicted molar refractivity (Wildman–Crippen MR) is 108 cm³/mol. The third-order valence-corrected chi connectivity index (χ3v) is 6.84. The van der Waals surface area contributed by atoms with Crippen molar-refractivity contribution in [3.8, 4) is 0 Å². The van der Waals surface area contributed by atoms with Crippen LogP contribution in [-0.4, -0.2) is 29.0 Å². The molecule has 1 spiro atoms. The minimum Gasteiger partial charge on any atom is -0.459 e. The third kappa shape index (κ3) is 2.67. The number of rotatable bonds is 3. The SMILES string of the molecule is O=C(c1ccco1)N1CCS[C@]12C(=O)N(Cc1ccc(F)cc1F)c1ccccc12. The van der Waals surface area contributed by atoms with E-state index in [0.717, 1.165) is 12.1 Å². The van der Waals surface area contributed by atoms with Crippen LogP contribution in [0.2, 0.25) is 0 Å². The Labute approximate surface area is 175 Å². The summed E-state index contributed by atoms with van der Waals surface area (Å²) >= 11 is 1.38. The van der Waals surface area contributed by atoms with Gasteiger partial charge in [0.15, 0.2) is 10.6 Å². The maximum Gasteiger partial charge on any atom is 0.291 e. The van der Waals surface area contributed by atoms with Crippen molar-refractivity contribution in [2.75, 3.05) is 17.2 Å². The first-order chi connectivity index (χ1) is 14.5. The lowest BCUT2D eigenvalue weighted by molar-refractivity contribution is -0.123. The molecule has 1 fully saturated rings. The van der Waals surface area contributed by atoms with E-state index in [-0.39, 0.29) is 29.7 Å². The van der Waals surface area contributed by atoms with Crippen LogP contribution >= 0.6 is 11.8 Å². The van der Waals surface area contributed by atoms with Crippen LogP contribution in [0.1, 0.15) is 21.7 Å². The number of nitrogens with zero attached hydrogens (tertiary/aromatic N) is 2. The maximum absolute atomic E-state index is 14.3. The Morgan fingerprint density at radius 2 is 1.97 bits per heavy atom. The van der Waals surface area contributed by atoms with Gasteiger partial charge in [0.2, 0.25) is 0 Å². The molecule has 2 aliphatic rings. The van der Waals surface area contributed by atoms with Gasteiger partial charge in [-0.05, 0) is 24.3 Å². The van der Waals surface area contributed by atoms with Crippen LogP contribution in [-0.2, 0) is 16.2 Å². The lowest BCUT2D eigenvalue weighted by atomic mass is 10.1. The normalized spacial score (nSPS) is 20.3. The molecule has 152 valence electrons. The first-order valence-electron chi connectivity index (χ1n) is 9.37. The average Bonchev–Trinajstić information content (AvgIpc) is 3.47. The molecule has 2 aliphatic heterocycles. The molecule has 5 nitrogen and oxygen atoms in total. The number of hydrogen-bond acceptors (Lipinski definition) is 4. The van der Waals surface area contributed by atoms with Crippen molar-refractivity contribution in [3.63, 3.8) is 0 Å². The van der Waals surface area contributed by atoms with Crippen molar-refractivity contribution < 1.29 is 22.8 Å². The van der Waals surface area contributed by atoms with E-state index in [0.29, 0.717) is 23.5 Å². The molecular formula is C22H16F2N2O3S. The number of benzene rings is 2. The maximum atomic E-state index is 14.3. The van der Waals surface area contributed by atoms with Crippen molar-refractivity contribution in [3.05, 3.63) is 89.4 Å². The molecular weight excluding hydrogens is 410 g/mol. The zero-order valence-corrected chi connectivity index (χ0v) is 16.5. The Morgan fingerprint density at radius 3 is 2.73 bits per heavy atom. The largest absolute Gasteiger partial charge is 0.459 e. The molecule has 30 heavy (non-hydrogen) atoms. The van der Waals surface area contributed by atoms with Gasteiger partial charge < -0.3 is 14.2 Å². The highest BCUT2D eigenvalue weighted by Gasteiger charge is 2.59. The molecule has 2 amide bonds. The molecule has 0 radical (unpaired) electrons. The van der Waals surface area contributed by atoms with E-state index in [9.17, 15) is 18.4 Å². The molecule has 8 heteroatoms. The Balaban J connectivity index is 1.58. The van der Waals surface area contributed by atoms with E-state index >= 15 is 0 Å². The monoisotopic (exact) mass is 426 g/mol. The first-order valence-corrected chi connectivity index (χ1v) is 10.4. The molecule has 1 saturated heterocycles. The molecule has 0 saturated carbocycles. The number of hydrogen-bond donors (Lipinski definition) is 0. The molecule has 1 atom stereocenters. The fraction of sp³-hybridized carbons (Fsp3) is 0.182. The molecule has 5 rings (SSSR count). The van der Waals surface area contributed by atoms with E-state index in [1.165, 1.54) is 33.9 Å². The summed E-state index contributed by atoms with van der Waals surface area (Å²) in [5.41, 5.74) is 1.49. The summed E-state index contributed by atoms with van der Waals surface area (Å²) in [6.07, 6.45) is 1.41. The van der Waals surface area contributed by atoms with Crippen LogP contribution in [0.3, 0.4) is 0 Å². The summed E-state index contributed by atoms with van der Waals surface area (Å²) in [5.74, 6) is -1.36. The quantitative estimate of drug-likeness (QED) is 0.632. The highest BCUT2D eigenvalue weighted by molar-refractivity contribution is 8.01. The summed E-state index contributed by atoms with van der Waals surface area (Å²) in [4.78, 5) is 28.6. The zero-order valence-electron chi connectivity index (χ0n) is 15.7. The van der Waals surface area contributed by atoms with Gasteiger partial charge in [-0.25, -0.2) is 8.78 Å². The van der Waals surface area contributed by atoms with E-state index in [2.05, 4.69) is 0 Å². The van der Waals surface area contributed by atoms with Crippen molar-refractivity contribution in [2.45, 2.75) is 11.4 Å². The van der Waals surface area contributed by atoms with Crippen LogP contribution in [0, 0.1) is 11.6 Å². The van der Waals surface area contributed by atoms with Crippen LogP contribution in [0.5, 0.6) is 0 Å². The standard InChI is InChI=1S/C22H16F2N2O3S/c23-15-8-7-14(17(24)12-15)13-25-18-5-2-1-4-16(18)22(21(25)28)26(9-11-30-22)20(27)19-6-3-10-29-19/h1-8,10,12H,9,11,13H2/t22-/m1/s1. The number of fused-ring (bicyclic) bond motifs is 2. The second-order valence-electron chi connectivity index (χ2n) is 7.07. The van der Waals surface area contributed by atoms with Crippen LogP contribution in [0.25, 0.3) is 0 Å². The Morgan fingerprint density at radius 1 is 1.13 bits per heavy atom. The highest BCUT2D eigenvalue weighted by atomic mass is 32.2. The molecule has 3 heterocycles. The van der Waals surface area contributed by atoms with Gasteiger partial charge in [-0.1, -0.05) is 24.3 Å². The third-order valence-electron chi connectivity index (χ3n) is 5.42. The Kier molecular flexibility index (Phi) is 4.39. The molecule has 2 aromatic carbocycles. The topological polar surface area (TPSA) is 53.8 Å². The summed E-state index contributed by atoms with van der Waals surface area (Å²) in [7, 11) is 0. The smallest absolute Gasteiger partial charge is 0.291 e. The minimum atomic E-state index is -1.24. The summed E-state index contributed by atoms with van der Waals surface area (Å²) in [6.45, 7) is 0.316.